The zero-order valence-electron chi connectivity index (χ0n) is 7.97. The number of ketones is 1. The quantitative estimate of drug-likeness (QED) is 0.746. The van der Waals surface area contributed by atoms with E-state index in [9.17, 15) is 4.79 Å². The lowest BCUT2D eigenvalue weighted by molar-refractivity contribution is 0.0932. The molecule has 0 unspecified atom stereocenters. The van der Waals surface area contributed by atoms with E-state index < -0.39 is 0 Å². The van der Waals surface area contributed by atoms with E-state index in [4.69, 9.17) is 4.74 Å². The van der Waals surface area contributed by atoms with E-state index in [0.717, 1.165) is 23.3 Å². The number of fused-ring (bicyclic) bond motifs is 1. The van der Waals surface area contributed by atoms with Gasteiger partial charge in [-0.2, -0.15) is 0 Å². The van der Waals surface area contributed by atoms with Gasteiger partial charge in [-0.05, 0) is 41.1 Å². The molecule has 0 saturated heterocycles. The minimum Gasteiger partial charge on any atom is -0.492 e. The number of rotatable bonds is 1. The van der Waals surface area contributed by atoms with Crippen LogP contribution in [0.15, 0.2) is 12.1 Å². The number of ether oxygens (including phenoxy) is 1. The second kappa shape index (κ2) is 3.88. The van der Waals surface area contributed by atoms with Crippen molar-refractivity contribution in [2.24, 2.45) is 0 Å². The molecule has 0 spiro atoms. The van der Waals surface area contributed by atoms with Crippen LogP contribution in [0.5, 0.6) is 5.75 Å². The van der Waals surface area contributed by atoms with Crippen LogP contribution in [0.1, 0.15) is 29.3 Å². The Labute approximate surface area is 96.8 Å². The Bertz CT molecular complexity index is 385. The molecular weight excluding hydrogens is 291 g/mol. The smallest absolute Gasteiger partial charge is 0.170 e. The van der Waals surface area contributed by atoms with Crippen molar-refractivity contribution in [3.05, 3.63) is 26.8 Å². The van der Waals surface area contributed by atoms with Crippen LogP contribution in [-0.2, 0) is 6.42 Å². The SMILES string of the molecule is CCc1c(I)ccc2c1OCCC2=O. The molecule has 2 nitrogen and oxygen atoms in total. The molecule has 0 amide bonds. The minimum atomic E-state index is 0.206. The van der Waals surface area contributed by atoms with Gasteiger partial charge in [0.25, 0.3) is 0 Å². The topological polar surface area (TPSA) is 26.3 Å². The fourth-order valence-electron chi connectivity index (χ4n) is 1.70. The monoisotopic (exact) mass is 302 g/mol. The summed E-state index contributed by atoms with van der Waals surface area (Å²) in [7, 11) is 0. The maximum absolute atomic E-state index is 11.6. The largest absolute Gasteiger partial charge is 0.492 e. The maximum atomic E-state index is 11.6. The zero-order valence-corrected chi connectivity index (χ0v) is 10.1. The van der Waals surface area contributed by atoms with Crippen molar-refractivity contribution in [1.29, 1.82) is 0 Å². The summed E-state index contributed by atoms with van der Waals surface area (Å²) in [6, 6.07) is 3.86. The molecule has 14 heavy (non-hydrogen) atoms. The van der Waals surface area contributed by atoms with Crippen LogP contribution in [0.25, 0.3) is 0 Å². The highest BCUT2D eigenvalue weighted by molar-refractivity contribution is 14.1. The van der Waals surface area contributed by atoms with Crippen molar-refractivity contribution in [1.82, 2.24) is 0 Å². The predicted octanol–water partition coefficient (Wildman–Crippen LogP) is 2.82. The zero-order chi connectivity index (χ0) is 10.1. The van der Waals surface area contributed by atoms with E-state index in [-0.39, 0.29) is 5.78 Å². The Morgan fingerprint density at radius 1 is 1.50 bits per heavy atom. The van der Waals surface area contributed by atoms with E-state index in [1.165, 1.54) is 3.57 Å². The number of halogens is 1. The van der Waals surface area contributed by atoms with Gasteiger partial charge in [0.15, 0.2) is 5.78 Å². The molecule has 0 N–H and O–H groups in total. The van der Waals surface area contributed by atoms with Crippen molar-refractivity contribution in [2.45, 2.75) is 19.8 Å². The van der Waals surface area contributed by atoms with Crippen molar-refractivity contribution in [3.8, 4) is 5.75 Å². The fourth-order valence-corrected chi connectivity index (χ4v) is 2.50. The van der Waals surface area contributed by atoms with Gasteiger partial charge in [-0.25, -0.2) is 0 Å². The number of carbonyl (C=O) groups is 1. The molecule has 0 radical (unpaired) electrons. The normalized spacial score (nSPS) is 14.9. The van der Waals surface area contributed by atoms with Gasteiger partial charge in [0, 0.05) is 15.6 Å². The number of benzene rings is 1. The Hall–Kier alpha value is -0.580. The third kappa shape index (κ3) is 1.54. The van der Waals surface area contributed by atoms with E-state index >= 15 is 0 Å². The van der Waals surface area contributed by atoms with Crippen LogP contribution in [0.4, 0.5) is 0 Å². The van der Waals surface area contributed by atoms with Gasteiger partial charge in [0.2, 0.25) is 0 Å². The van der Waals surface area contributed by atoms with Crippen LogP contribution in [-0.4, -0.2) is 12.4 Å². The highest BCUT2D eigenvalue weighted by Crippen LogP contribution is 2.32. The Kier molecular flexibility index (Phi) is 2.76. The highest BCUT2D eigenvalue weighted by Gasteiger charge is 2.21. The van der Waals surface area contributed by atoms with Crippen LogP contribution < -0.4 is 4.74 Å². The van der Waals surface area contributed by atoms with Crippen LogP contribution in [0, 0.1) is 3.57 Å². The summed E-state index contributed by atoms with van der Waals surface area (Å²) in [6.07, 6.45) is 1.42. The summed E-state index contributed by atoms with van der Waals surface area (Å²) in [5.41, 5.74) is 1.92. The molecule has 1 aromatic rings. The maximum Gasteiger partial charge on any atom is 0.170 e. The summed E-state index contributed by atoms with van der Waals surface area (Å²) in [5.74, 6) is 1.02. The van der Waals surface area contributed by atoms with Gasteiger partial charge in [-0.1, -0.05) is 6.92 Å². The van der Waals surface area contributed by atoms with Gasteiger partial charge in [0.05, 0.1) is 12.2 Å². The molecule has 1 heterocycles. The lowest BCUT2D eigenvalue weighted by Crippen LogP contribution is -2.17. The van der Waals surface area contributed by atoms with Crippen molar-refractivity contribution in [2.75, 3.05) is 6.61 Å². The number of hydrogen-bond acceptors (Lipinski definition) is 2. The first-order chi connectivity index (χ1) is 6.74. The highest BCUT2D eigenvalue weighted by atomic mass is 127. The van der Waals surface area contributed by atoms with Crippen molar-refractivity contribution < 1.29 is 9.53 Å². The second-order valence-corrected chi connectivity index (χ2v) is 4.44. The Morgan fingerprint density at radius 2 is 2.29 bits per heavy atom. The number of carbonyl (C=O) groups excluding carboxylic acids is 1. The molecule has 2 rings (SSSR count). The van der Waals surface area contributed by atoms with Gasteiger partial charge >= 0.3 is 0 Å². The van der Waals surface area contributed by atoms with Gasteiger partial charge in [0.1, 0.15) is 5.75 Å². The standard InChI is InChI=1S/C11H11IO2/c1-2-7-9(12)4-3-8-10(13)5-6-14-11(7)8/h3-4H,2,5-6H2,1H3. The molecule has 3 heteroatoms. The van der Waals surface area contributed by atoms with Crippen LogP contribution in [0.3, 0.4) is 0 Å². The first kappa shape index (κ1) is 9.96. The van der Waals surface area contributed by atoms with Crippen molar-refractivity contribution in [3.63, 3.8) is 0 Å². The second-order valence-electron chi connectivity index (χ2n) is 3.28. The van der Waals surface area contributed by atoms with Crippen LogP contribution in [0.2, 0.25) is 0 Å². The molecule has 74 valence electrons. The number of Topliss-reactive ketones (excluding diaryl/α,β-unsaturated/α-hetero) is 1. The van der Waals surface area contributed by atoms with E-state index in [2.05, 4.69) is 29.5 Å². The average Bonchev–Trinajstić information content (AvgIpc) is 2.18. The third-order valence-corrected chi connectivity index (χ3v) is 3.44. The molecule has 0 atom stereocenters. The van der Waals surface area contributed by atoms with E-state index in [1.807, 2.05) is 12.1 Å². The molecule has 0 bridgehead atoms. The Morgan fingerprint density at radius 3 is 3.00 bits per heavy atom. The van der Waals surface area contributed by atoms with Crippen molar-refractivity contribution >= 4 is 28.4 Å². The molecule has 1 aliphatic heterocycles. The first-order valence-electron chi connectivity index (χ1n) is 4.71. The van der Waals surface area contributed by atoms with Gasteiger partial charge in [-0.3, -0.25) is 4.79 Å². The van der Waals surface area contributed by atoms with E-state index in [1.54, 1.807) is 0 Å². The summed E-state index contributed by atoms with van der Waals surface area (Å²) in [6.45, 7) is 2.61. The van der Waals surface area contributed by atoms with Crippen LogP contribution >= 0.6 is 22.6 Å². The molecule has 0 aliphatic carbocycles. The summed E-state index contributed by atoms with van der Waals surface area (Å²) in [5, 5.41) is 0. The minimum absolute atomic E-state index is 0.206. The van der Waals surface area contributed by atoms with Gasteiger partial charge < -0.3 is 4.74 Å². The Balaban J connectivity index is 2.61. The number of hydrogen-bond donors (Lipinski definition) is 0. The molecule has 1 aliphatic rings. The van der Waals surface area contributed by atoms with E-state index in [0.29, 0.717) is 13.0 Å². The lowest BCUT2D eigenvalue weighted by Gasteiger charge is -2.19. The molecule has 0 fully saturated rings. The lowest BCUT2D eigenvalue weighted by atomic mass is 10.0. The molecule has 1 aromatic carbocycles. The molecule has 0 saturated carbocycles. The molecular formula is C11H11IO2. The average molecular weight is 302 g/mol. The molecule has 0 aromatic heterocycles. The predicted molar refractivity (Wildman–Crippen MR) is 63.0 cm³/mol. The summed E-state index contributed by atoms with van der Waals surface area (Å²) < 4.78 is 6.75. The third-order valence-electron chi connectivity index (χ3n) is 2.43. The fraction of sp³-hybridized carbons (Fsp3) is 0.364. The van der Waals surface area contributed by atoms with Gasteiger partial charge in [-0.15, -0.1) is 0 Å². The summed E-state index contributed by atoms with van der Waals surface area (Å²) >= 11 is 2.28. The summed E-state index contributed by atoms with van der Waals surface area (Å²) in [4.78, 5) is 11.6. The first-order valence-corrected chi connectivity index (χ1v) is 5.79.